The molecule has 0 aliphatic heterocycles. The fraction of sp³-hybridized carbons (Fsp3) is 0.545. The minimum absolute atomic E-state index is 0.0127. The van der Waals surface area contributed by atoms with Crippen molar-refractivity contribution in [3.05, 3.63) is 40.7 Å². The van der Waals surface area contributed by atoms with Gasteiger partial charge in [-0.05, 0) is 69.2 Å². The minimum Gasteiger partial charge on any atom is -0.494 e. The average molecular weight is 399 g/mol. The van der Waals surface area contributed by atoms with E-state index in [0.717, 1.165) is 48.8 Å². The van der Waals surface area contributed by atoms with Crippen LogP contribution in [-0.4, -0.2) is 52.4 Å². The summed E-state index contributed by atoms with van der Waals surface area (Å²) in [6.45, 7) is 1.05. The van der Waals surface area contributed by atoms with Crippen molar-refractivity contribution >= 4 is 16.9 Å². The molecule has 0 spiro atoms. The van der Waals surface area contributed by atoms with Crippen molar-refractivity contribution in [1.29, 1.82) is 0 Å². The van der Waals surface area contributed by atoms with Gasteiger partial charge in [0.25, 0.3) is 0 Å². The molecule has 7 heteroatoms. The topological polar surface area (TPSA) is 94.7 Å². The van der Waals surface area contributed by atoms with E-state index in [4.69, 9.17) is 4.74 Å². The van der Waals surface area contributed by atoms with Gasteiger partial charge in [-0.15, -0.1) is 0 Å². The molecule has 0 bridgehead atoms. The highest BCUT2D eigenvalue weighted by Gasteiger charge is 2.38. The van der Waals surface area contributed by atoms with Crippen LogP contribution in [0.2, 0.25) is 0 Å². The molecule has 0 unspecified atom stereocenters. The van der Waals surface area contributed by atoms with Gasteiger partial charge in [-0.3, -0.25) is 4.79 Å². The second-order valence-corrected chi connectivity index (χ2v) is 8.12. The number of aromatic nitrogens is 1. The van der Waals surface area contributed by atoms with Crippen molar-refractivity contribution in [3.8, 4) is 5.75 Å². The van der Waals surface area contributed by atoms with Gasteiger partial charge in [-0.1, -0.05) is 0 Å². The van der Waals surface area contributed by atoms with Crippen molar-refractivity contribution in [1.82, 2.24) is 15.2 Å². The lowest BCUT2D eigenvalue weighted by molar-refractivity contribution is 0.0716. The number of ether oxygens (including phenoxy) is 1. The molecular weight excluding hydrogens is 370 g/mol. The van der Waals surface area contributed by atoms with E-state index in [-0.39, 0.29) is 23.7 Å². The van der Waals surface area contributed by atoms with Crippen LogP contribution < -0.4 is 15.6 Å². The normalized spacial score (nSPS) is 21.7. The molecule has 1 heterocycles. The number of amides is 2. The number of pyridine rings is 1. The van der Waals surface area contributed by atoms with E-state index in [1.165, 1.54) is 6.07 Å². The predicted molar refractivity (Wildman–Crippen MR) is 111 cm³/mol. The summed E-state index contributed by atoms with van der Waals surface area (Å²) >= 11 is 0. The number of urea groups is 1. The molecule has 29 heavy (non-hydrogen) atoms. The van der Waals surface area contributed by atoms with E-state index >= 15 is 0 Å². The second-order valence-electron chi connectivity index (χ2n) is 8.12. The second kappa shape index (κ2) is 8.86. The first-order valence-electron chi connectivity index (χ1n) is 10.6. The zero-order valence-corrected chi connectivity index (χ0v) is 16.6. The SMILES string of the molecule is O=C(NCCCOc1ccc2[nH]c(=O)ccc2c1)N(C1CC1)[C@@H]1CCC[C@@H](O)C1. The number of hydrogen-bond acceptors (Lipinski definition) is 4. The zero-order chi connectivity index (χ0) is 20.2. The number of nitrogens with zero attached hydrogens (tertiary/aromatic N) is 1. The van der Waals surface area contributed by atoms with Crippen molar-refractivity contribution in [3.63, 3.8) is 0 Å². The summed E-state index contributed by atoms with van der Waals surface area (Å²) in [6.07, 6.45) is 6.07. The Hall–Kier alpha value is -2.54. The van der Waals surface area contributed by atoms with Crippen LogP contribution in [0.3, 0.4) is 0 Å². The predicted octanol–water partition coefficient (Wildman–Crippen LogP) is 2.77. The van der Waals surface area contributed by atoms with Gasteiger partial charge in [0.15, 0.2) is 0 Å². The number of aromatic amines is 1. The number of rotatable bonds is 7. The number of H-pyrrole nitrogens is 1. The van der Waals surface area contributed by atoms with Crippen LogP contribution in [-0.2, 0) is 0 Å². The highest BCUT2D eigenvalue weighted by Crippen LogP contribution is 2.33. The van der Waals surface area contributed by atoms with E-state index in [1.54, 1.807) is 6.07 Å². The molecule has 2 aliphatic rings. The first-order chi connectivity index (χ1) is 14.1. The molecule has 2 saturated carbocycles. The van der Waals surface area contributed by atoms with Gasteiger partial charge in [0, 0.05) is 35.6 Å². The number of fused-ring (bicyclic) bond motifs is 1. The van der Waals surface area contributed by atoms with Gasteiger partial charge in [0.1, 0.15) is 5.75 Å². The molecule has 3 N–H and O–H groups in total. The molecular formula is C22H29N3O4. The number of aliphatic hydroxyl groups is 1. The van der Waals surface area contributed by atoms with Gasteiger partial charge in [0.2, 0.25) is 5.56 Å². The van der Waals surface area contributed by atoms with Crippen LogP contribution in [0.15, 0.2) is 35.1 Å². The van der Waals surface area contributed by atoms with E-state index in [0.29, 0.717) is 32.0 Å². The Labute approximate surface area is 170 Å². The molecule has 1 aromatic carbocycles. The van der Waals surface area contributed by atoms with Crippen molar-refractivity contribution in [2.24, 2.45) is 0 Å². The maximum Gasteiger partial charge on any atom is 0.317 e. The van der Waals surface area contributed by atoms with Gasteiger partial charge in [-0.25, -0.2) is 4.79 Å². The lowest BCUT2D eigenvalue weighted by Crippen LogP contribution is -2.50. The Morgan fingerprint density at radius 2 is 2.03 bits per heavy atom. The molecule has 0 saturated heterocycles. The van der Waals surface area contributed by atoms with Crippen LogP contribution in [0.4, 0.5) is 4.79 Å². The van der Waals surface area contributed by atoms with Gasteiger partial charge < -0.3 is 25.0 Å². The Morgan fingerprint density at radius 3 is 2.83 bits per heavy atom. The molecule has 4 rings (SSSR count). The van der Waals surface area contributed by atoms with Crippen LogP contribution in [0.1, 0.15) is 44.9 Å². The van der Waals surface area contributed by atoms with Crippen molar-refractivity contribution in [2.75, 3.05) is 13.2 Å². The molecule has 2 aromatic rings. The highest BCUT2D eigenvalue weighted by molar-refractivity contribution is 5.79. The first kappa shape index (κ1) is 19.8. The maximum atomic E-state index is 12.7. The number of hydrogen-bond donors (Lipinski definition) is 3. The third kappa shape index (κ3) is 5.09. The molecule has 1 aromatic heterocycles. The van der Waals surface area contributed by atoms with Crippen LogP contribution in [0.25, 0.3) is 10.9 Å². The van der Waals surface area contributed by atoms with Crippen LogP contribution >= 0.6 is 0 Å². The summed E-state index contributed by atoms with van der Waals surface area (Å²) in [5.41, 5.74) is 0.662. The lowest BCUT2D eigenvalue weighted by Gasteiger charge is -2.36. The summed E-state index contributed by atoms with van der Waals surface area (Å²) in [4.78, 5) is 28.8. The van der Waals surface area contributed by atoms with Gasteiger partial charge in [0.05, 0.1) is 12.7 Å². The Kier molecular flexibility index (Phi) is 6.04. The monoisotopic (exact) mass is 399 g/mol. The van der Waals surface area contributed by atoms with E-state index in [2.05, 4.69) is 10.3 Å². The molecule has 2 aliphatic carbocycles. The third-order valence-corrected chi connectivity index (χ3v) is 5.75. The minimum atomic E-state index is -0.281. The van der Waals surface area contributed by atoms with Gasteiger partial charge >= 0.3 is 6.03 Å². The summed E-state index contributed by atoms with van der Waals surface area (Å²) < 4.78 is 5.79. The number of carbonyl (C=O) groups is 1. The van der Waals surface area contributed by atoms with Crippen molar-refractivity contribution < 1.29 is 14.6 Å². The Morgan fingerprint density at radius 1 is 1.17 bits per heavy atom. The highest BCUT2D eigenvalue weighted by atomic mass is 16.5. The first-order valence-corrected chi connectivity index (χ1v) is 10.6. The molecule has 156 valence electrons. The lowest BCUT2D eigenvalue weighted by atomic mass is 9.92. The maximum absolute atomic E-state index is 12.7. The van der Waals surface area contributed by atoms with E-state index < -0.39 is 0 Å². The molecule has 7 nitrogen and oxygen atoms in total. The summed E-state index contributed by atoms with van der Waals surface area (Å²) in [5, 5.41) is 13.9. The standard InChI is InChI=1S/C22H29N3O4/c26-18-4-1-3-17(14-18)25(16-6-7-16)22(28)23-11-2-12-29-19-8-9-20-15(13-19)5-10-21(27)24-20/h5,8-10,13,16-18,26H,1-4,6-7,11-12,14H2,(H,23,28)(H,24,27)/t17-,18-/m1/s1. The summed E-state index contributed by atoms with van der Waals surface area (Å²) in [5.74, 6) is 0.742. The average Bonchev–Trinajstić information content (AvgIpc) is 3.53. The fourth-order valence-corrected chi connectivity index (χ4v) is 4.14. The fourth-order valence-electron chi connectivity index (χ4n) is 4.14. The number of benzene rings is 1. The van der Waals surface area contributed by atoms with Crippen LogP contribution in [0, 0.1) is 0 Å². The quantitative estimate of drug-likeness (QED) is 0.624. The Bertz CT molecular complexity index is 908. The zero-order valence-electron chi connectivity index (χ0n) is 16.6. The number of aliphatic hydroxyl groups excluding tert-OH is 1. The van der Waals surface area contributed by atoms with Gasteiger partial charge in [-0.2, -0.15) is 0 Å². The summed E-state index contributed by atoms with van der Waals surface area (Å²) in [7, 11) is 0. The van der Waals surface area contributed by atoms with Crippen molar-refractivity contribution in [2.45, 2.75) is 63.1 Å². The molecule has 2 amide bonds. The third-order valence-electron chi connectivity index (χ3n) is 5.75. The summed E-state index contributed by atoms with van der Waals surface area (Å²) in [6, 6.07) is 9.32. The van der Waals surface area contributed by atoms with E-state index in [1.807, 2.05) is 23.1 Å². The molecule has 2 atom stereocenters. The van der Waals surface area contributed by atoms with Crippen LogP contribution in [0.5, 0.6) is 5.75 Å². The molecule has 2 fully saturated rings. The number of nitrogens with one attached hydrogen (secondary N) is 2. The Balaban J connectivity index is 1.23. The number of carbonyl (C=O) groups excluding carboxylic acids is 1. The van der Waals surface area contributed by atoms with E-state index in [9.17, 15) is 14.7 Å². The molecule has 0 radical (unpaired) electrons. The largest absolute Gasteiger partial charge is 0.494 e. The smallest absolute Gasteiger partial charge is 0.317 e.